The van der Waals surface area contributed by atoms with Gasteiger partial charge in [-0.2, -0.15) is 0 Å². The van der Waals surface area contributed by atoms with Gasteiger partial charge in [0.1, 0.15) is 5.75 Å². The second kappa shape index (κ2) is 5.31. The molecule has 1 saturated heterocycles. The van der Waals surface area contributed by atoms with Crippen LogP contribution in [0.15, 0.2) is 18.2 Å². The van der Waals surface area contributed by atoms with E-state index in [2.05, 4.69) is 52.8 Å². The van der Waals surface area contributed by atoms with Crippen LogP contribution in [-0.4, -0.2) is 12.9 Å². The average molecular weight is 248 g/mol. The number of aryl methyl sites for hydroxylation is 2. The van der Waals surface area contributed by atoms with Crippen LogP contribution in [0.25, 0.3) is 0 Å². The summed E-state index contributed by atoms with van der Waals surface area (Å²) in [6, 6.07) is 6.31. The van der Waals surface area contributed by atoms with Crippen molar-refractivity contribution >= 4 is 0 Å². The lowest BCUT2D eigenvalue weighted by molar-refractivity contribution is -0.172. The summed E-state index contributed by atoms with van der Waals surface area (Å²) >= 11 is 0. The molecule has 4 unspecified atom stereocenters. The molecule has 0 amide bonds. The highest BCUT2D eigenvalue weighted by molar-refractivity contribution is 5.33. The van der Waals surface area contributed by atoms with Gasteiger partial charge in [-0.25, -0.2) is 0 Å². The van der Waals surface area contributed by atoms with E-state index < -0.39 is 0 Å². The number of hydrogen-bond acceptors (Lipinski definition) is 2. The van der Waals surface area contributed by atoms with Crippen molar-refractivity contribution in [2.45, 2.75) is 40.9 Å². The lowest BCUT2D eigenvalue weighted by Gasteiger charge is -2.38. The van der Waals surface area contributed by atoms with Gasteiger partial charge in [-0.1, -0.05) is 26.8 Å². The van der Waals surface area contributed by atoms with Gasteiger partial charge in [0.15, 0.2) is 0 Å². The third kappa shape index (κ3) is 2.86. The highest BCUT2D eigenvalue weighted by atomic mass is 16.7. The van der Waals surface area contributed by atoms with Gasteiger partial charge in [0.2, 0.25) is 6.29 Å². The van der Waals surface area contributed by atoms with Crippen LogP contribution in [0.5, 0.6) is 5.75 Å². The molecule has 1 heterocycles. The molecule has 0 radical (unpaired) electrons. The monoisotopic (exact) mass is 248 g/mol. The summed E-state index contributed by atoms with van der Waals surface area (Å²) < 4.78 is 11.9. The van der Waals surface area contributed by atoms with Gasteiger partial charge < -0.3 is 9.47 Å². The zero-order chi connectivity index (χ0) is 13.3. The maximum absolute atomic E-state index is 6.03. The third-order valence-corrected chi connectivity index (χ3v) is 4.13. The largest absolute Gasteiger partial charge is 0.465 e. The Morgan fingerprint density at radius 2 is 1.61 bits per heavy atom. The van der Waals surface area contributed by atoms with Gasteiger partial charge in [-0.15, -0.1) is 0 Å². The zero-order valence-corrected chi connectivity index (χ0v) is 12.1. The van der Waals surface area contributed by atoms with E-state index in [-0.39, 0.29) is 6.29 Å². The van der Waals surface area contributed by atoms with Crippen molar-refractivity contribution in [3.8, 4) is 5.75 Å². The summed E-state index contributed by atoms with van der Waals surface area (Å²) in [5, 5.41) is 0. The van der Waals surface area contributed by atoms with Crippen molar-refractivity contribution in [3.05, 3.63) is 29.3 Å². The smallest absolute Gasteiger partial charge is 0.202 e. The first-order valence-electron chi connectivity index (χ1n) is 6.84. The topological polar surface area (TPSA) is 18.5 Å². The van der Waals surface area contributed by atoms with Gasteiger partial charge in [0.25, 0.3) is 0 Å². The van der Waals surface area contributed by atoms with Crippen molar-refractivity contribution < 1.29 is 9.47 Å². The standard InChI is InChI=1S/C16H24O2/c1-10-6-11(2)8-15(7-10)18-16-14(5)13(4)12(3)9-17-16/h6-8,12-14,16H,9H2,1-5H3. The van der Waals surface area contributed by atoms with Crippen LogP contribution in [0.1, 0.15) is 31.9 Å². The average Bonchev–Trinajstić information content (AvgIpc) is 2.29. The molecule has 0 bridgehead atoms. The second-order valence-corrected chi connectivity index (χ2v) is 5.84. The molecule has 1 aliphatic rings. The summed E-state index contributed by atoms with van der Waals surface area (Å²) in [5.41, 5.74) is 2.46. The Kier molecular flexibility index (Phi) is 3.96. The van der Waals surface area contributed by atoms with Crippen LogP contribution in [0.3, 0.4) is 0 Å². The van der Waals surface area contributed by atoms with Crippen LogP contribution in [-0.2, 0) is 4.74 Å². The van der Waals surface area contributed by atoms with E-state index in [0.717, 1.165) is 12.4 Å². The summed E-state index contributed by atoms with van der Waals surface area (Å²) in [6.45, 7) is 11.7. The number of rotatable bonds is 2. The summed E-state index contributed by atoms with van der Waals surface area (Å²) in [7, 11) is 0. The number of hydrogen-bond donors (Lipinski definition) is 0. The first kappa shape index (κ1) is 13.4. The minimum atomic E-state index is -0.114. The molecule has 4 atom stereocenters. The van der Waals surface area contributed by atoms with Gasteiger partial charge in [0.05, 0.1) is 6.61 Å². The van der Waals surface area contributed by atoms with Crippen LogP contribution in [0.2, 0.25) is 0 Å². The Morgan fingerprint density at radius 1 is 1.00 bits per heavy atom. The van der Waals surface area contributed by atoms with Crippen molar-refractivity contribution in [3.63, 3.8) is 0 Å². The summed E-state index contributed by atoms with van der Waals surface area (Å²) in [4.78, 5) is 0. The fourth-order valence-corrected chi connectivity index (χ4v) is 2.59. The Balaban J connectivity index is 2.09. The summed E-state index contributed by atoms with van der Waals surface area (Å²) in [6.07, 6.45) is -0.114. The molecule has 0 saturated carbocycles. The van der Waals surface area contributed by atoms with Crippen molar-refractivity contribution in [1.29, 1.82) is 0 Å². The quantitative estimate of drug-likeness (QED) is 0.789. The normalized spacial score (nSPS) is 32.3. The van der Waals surface area contributed by atoms with Crippen molar-refractivity contribution in [2.75, 3.05) is 6.61 Å². The van der Waals surface area contributed by atoms with Crippen LogP contribution < -0.4 is 4.74 Å². The maximum Gasteiger partial charge on any atom is 0.202 e. The lowest BCUT2D eigenvalue weighted by atomic mass is 9.83. The van der Waals surface area contributed by atoms with Crippen molar-refractivity contribution in [1.82, 2.24) is 0 Å². The molecule has 1 fully saturated rings. The Labute approximate surface area is 110 Å². The predicted octanol–water partition coefficient (Wildman–Crippen LogP) is 3.95. The van der Waals surface area contributed by atoms with Crippen LogP contribution in [0, 0.1) is 31.6 Å². The predicted molar refractivity (Wildman–Crippen MR) is 73.8 cm³/mol. The molecule has 2 rings (SSSR count). The van der Waals surface area contributed by atoms with E-state index >= 15 is 0 Å². The minimum Gasteiger partial charge on any atom is -0.465 e. The fourth-order valence-electron chi connectivity index (χ4n) is 2.59. The van der Waals surface area contributed by atoms with E-state index in [4.69, 9.17) is 9.47 Å². The van der Waals surface area contributed by atoms with E-state index in [0.29, 0.717) is 17.8 Å². The third-order valence-electron chi connectivity index (χ3n) is 4.13. The molecule has 0 spiro atoms. The molecule has 0 aliphatic carbocycles. The Bertz CT molecular complexity index is 393. The molecule has 0 aromatic heterocycles. The molecule has 1 aliphatic heterocycles. The SMILES string of the molecule is Cc1cc(C)cc(OC2OCC(C)C(C)C2C)c1. The number of ether oxygens (including phenoxy) is 2. The first-order chi connectivity index (χ1) is 8.47. The molecule has 18 heavy (non-hydrogen) atoms. The molecule has 2 heteroatoms. The van der Waals surface area contributed by atoms with Crippen LogP contribution >= 0.6 is 0 Å². The molecular formula is C16H24O2. The highest BCUT2D eigenvalue weighted by Crippen LogP contribution is 2.32. The maximum atomic E-state index is 6.03. The van der Waals surface area contributed by atoms with E-state index in [1.807, 2.05) is 0 Å². The lowest BCUT2D eigenvalue weighted by Crippen LogP contribution is -2.41. The van der Waals surface area contributed by atoms with Gasteiger partial charge in [-0.3, -0.25) is 0 Å². The molecule has 1 aromatic rings. The van der Waals surface area contributed by atoms with E-state index in [1.54, 1.807) is 0 Å². The van der Waals surface area contributed by atoms with Gasteiger partial charge in [-0.05, 0) is 48.9 Å². The van der Waals surface area contributed by atoms with Crippen LogP contribution in [0.4, 0.5) is 0 Å². The number of benzene rings is 1. The van der Waals surface area contributed by atoms with Crippen molar-refractivity contribution in [2.24, 2.45) is 17.8 Å². The minimum absolute atomic E-state index is 0.114. The highest BCUT2D eigenvalue weighted by Gasteiger charge is 2.34. The molecular weight excluding hydrogens is 224 g/mol. The fraction of sp³-hybridized carbons (Fsp3) is 0.625. The van der Waals surface area contributed by atoms with Gasteiger partial charge >= 0.3 is 0 Å². The Morgan fingerprint density at radius 3 is 2.22 bits per heavy atom. The van der Waals surface area contributed by atoms with E-state index in [9.17, 15) is 0 Å². The molecule has 0 N–H and O–H groups in total. The molecule has 2 nitrogen and oxygen atoms in total. The van der Waals surface area contributed by atoms with Gasteiger partial charge in [0, 0.05) is 5.92 Å². The second-order valence-electron chi connectivity index (χ2n) is 5.84. The van der Waals surface area contributed by atoms with E-state index in [1.165, 1.54) is 11.1 Å². The first-order valence-corrected chi connectivity index (χ1v) is 6.84. The molecule has 100 valence electrons. The summed E-state index contributed by atoms with van der Waals surface area (Å²) in [5.74, 6) is 2.59. The zero-order valence-electron chi connectivity index (χ0n) is 12.1. The molecule has 1 aromatic carbocycles. The Hall–Kier alpha value is -1.02.